The third kappa shape index (κ3) is 3.52. The zero-order chi connectivity index (χ0) is 20.5. The minimum atomic E-state index is 0.248. The number of nitrogens with zero attached hydrogens (tertiary/aromatic N) is 3. The number of nitrogens with two attached hydrogens (primary N) is 1. The van der Waals surface area contributed by atoms with Crippen LogP contribution in [0.15, 0.2) is 18.3 Å². The van der Waals surface area contributed by atoms with Crippen LogP contribution in [-0.2, 0) is 12.8 Å². The number of pyridine rings is 1. The van der Waals surface area contributed by atoms with E-state index in [2.05, 4.69) is 29.1 Å². The van der Waals surface area contributed by atoms with Gasteiger partial charge in [0.2, 0.25) is 5.95 Å². The van der Waals surface area contributed by atoms with Crippen molar-refractivity contribution < 1.29 is 9.47 Å². The van der Waals surface area contributed by atoms with Gasteiger partial charge in [0.05, 0.1) is 19.9 Å². The van der Waals surface area contributed by atoms with Crippen molar-refractivity contribution in [1.82, 2.24) is 15.0 Å². The monoisotopic (exact) mass is 393 g/mol. The summed E-state index contributed by atoms with van der Waals surface area (Å²) < 4.78 is 11.4. The van der Waals surface area contributed by atoms with Gasteiger partial charge in [-0.15, -0.1) is 0 Å². The van der Waals surface area contributed by atoms with Gasteiger partial charge in [-0.05, 0) is 31.7 Å². The zero-order valence-corrected chi connectivity index (χ0v) is 17.4. The van der Waals surface area contributed by atoms with Crippen molar-refractivity contribution in [2.45, 2.75) is 45.6 Å². The van der Waals surface area contributed by atoms with E-state index >= 15 is 0 Å². The number of nitrogen functional groups attached to an aromatic ring is 1. The smallest absolute Gasteiger partial charge is 0.220 e. The van der Waals surface area contributed by atoms with Crippen LogP contribution in [0.4, 0.5) is 11.8 Å². The van der Waals surface area contributed by atoms with E-state index in [9.17, 15) is 0 Å². The third-order valence-corrected chi connectivity index (χ3v) is 5.37. The van der Waals surface area contributed by atoms with Gasteiger partial charge >= 0.3 is 0 Å². The molecule has 7 nitrogen and oxygen atoms in total. The van der Waals surface area contributed by atoms with Crippen molar-refractivity contribution in [2.75, 3.05) is 25.3 Å². The second kappa shape index (κ2) is 7.73. The molecule has 0 spiro atoms. The molecule has 152 valence electrons. The number of fused-ring (bicyclic) bond motifs is 1. The van der Waals surface area contributed by atoms with E-state index in [4.69, 9.17) is 20.2 Å². The number of anilines is 2. The van der Waals surface area contributed by atoms with Crippen LogP contribution in [0.3, 0.4) is 0 Å². The molecule has 1 aliphatic rings. The number of nitrogens with one attached hydrogen (secondary N) is 1. The van der Waals surface area contributed by atoms with Crippen molar-refractivity contribution in [3.63, 3.8) is 0 Å². The molecule has 29 heavy (non-hydrogen) atoms. The molecule has 0 radical (unpaired) electrons. The average Bonchev–Trinajstić information content (AvgIpc) is 3.56. The summed E-state index contributed by atoms with van der Waals surface area (Å²) in [6.45, 7) is 4.25. The highest BCUT2D eigenvalue weighted by molar-refractivity contribution is 5.92. The summed E-state index contributed by atoms with van der Waals surface area (Å²) >= 11 is 0. The van der Waals surface area contributed by atoms with Crippen molar-refractivity contribution in [3.05, 3.63) is 29.5 Å². The van der Waals surface area contributed by atoms with Crippen molar-refractivity contribution >= 4 is 22.7 Å². The molecule has 7 heteroatoms. The lowest BCUT2D eigenvalue weighted by molar-refractivity contribution is 0.389. The quantitative estimate of drug-likeness (QED) is 0.626. The minimum absolute atomic E-state index is 0.248. The summed E-state index contributed by atoms with van der Waals surface area (Å²) in [5.74, 6) is 2.62. The standard InChI is InChI=1S/C22H27N5O2/c1-5-14-17(28-3)10-18(29-4)15(6-2)19(14)16-9-12-11-24-22(23)27-20(12)21(26-16)25-13-7-8-13/h9-11,13H,5-8H2,1-4H3,(H,25,26)(H2,23,24,27). The van der Waals surface area contributed by atoms with Gasteiger partial charge in [-0.25, -0.2) is 15.0 Å². The molecule has 0 aliphatic heterocycles. The maximum atomic E-state index is 5.84. The lowest BCUT2D eigenvalue weighted by atomic mass is 9.92. The average molecular weight is 393 g/mol. The van der Waals surface area contributed by atoms with Gasteiger partial charge in [-0.1, -0.05) is 13.8 Å². The highest BCUT2D eigenvalue weighted by Crippen LogP contribution is 2.41. The van der Waals surface area contributed by atoms with E-state index in [-0.39, 0.29) is 5.95 Å². The second-order valence-electron chi connectivity index (χ2n) is 7.26. The molecular formula is C22H27N5O2. The lowest BCUT2D eigenvalue weighted by Crippen LogP contribution is -2.08. The Kier molecular flexibility index (Phi) is 5.13. The van der Waals surface area contributed by atoms with Crippen LogP contribution >= 0.6 is 0 Å². The third-order valence-electron chi connectivity index (χ3n) is 5.37. The first-order chi connectivity index (χ1) is 14.1. The molecule has 0 bridgehead atoms. The van der Waals surface area contributed by atoms with Crippen LogP contribution in [-0.4, -0.2) is 35.2 Å². The van der Waals surface area contributed by atoms with Gasteiger partial charge in [-0.3, -0.25) is 0 Å². The topological polar surface area (TPSA) is 95.2 Å². The fourth-order valence-corrected chi connectivity index (χ4v) is 3.80. The first-order valence-corrected chi connectivity index (χ1v) is 10.1. The van der Waals surface area contributed by atoms with E-state index in [0.29, 0.717) is 6.04 Å². The van der Waals surface area contributed by atoms with E-state index in [1.807, 2.05) is 12.1 Å². The molecule has 1 aromatic carbocycles. The molecule has 1 saturated carbocycles. The van der Waals surface area contributed by atoms with Gasteiger partial charge in [0, 0.05) is 40.4 Å². The number of methoxy groups -OCH3 is 2. The number of hydrogen-bond acceptors (Lipinski definition) is 7. The maximum Gasteiger partial charge on any atom is 0.220 e. The molecule has 2 heterocycles. The van der Waals surface area contributed by atoms with Crippen molar-refractivity contribution in [1.29, 1.82) is 0 Å². The van der Waals surface area contributed by atoms with Gasteiger partial charge in [0.1, 0.15) is 17.0 Å². The van der Waals surface area contributed by atoms with E-state index in [1.54, 1.807) is 20.4 Å². The summed E-state index contributed by atoms with van der Waals surface area (Å²) in [6.07, 6.45) is 5.68. The summed E-state index contributed by atoms with van der Waals surface area (Å²) in [6, 6.07) is 4.43. The molecule has 2 aromatic heterocycles. The number of benzene rings is 1. The zero-order valence-electron chi connectivity index (χ0n) is 17.4. The first-order valence-electron chi connectivity index (χ1n) is 10.1. The first kappa shape index (κ1) is 19.2. The Balaban J connectivity index is 2.02. The van der Waals surface area contributed by atoms with Gasteiger partial charge in [0.15, 0.2) is 5.82 Å². The van der Waals surface area contributed by atoms with Crippen LogP contribution in [0, 0.1) is 0 Å². The van der Waals surface area contributed by atoms with Gasteiger partial charge in [0.25, 0.3) is 0 Å². The highest BCUT2D eigenvalue weighted by atomic mass is 16.5. The largest absolute Gasteiger partial charge is 0.496 e. The number of hydrogen-bond donors (Lipinski definition) is 2. The van der Waals surface area contributed by atoms with E-state index in [1.165, 1.54) is 0 Å². The predicted molar refractivity (Wildman–Crippen MR) is 116 cm³/mol. The fourth-order valence-electron chi connectivity index (χ4n) is 3.80. The Labute approximate surface area is 170 Å². The van der Waals surface area contributed by atoms with Crippen molar-refractivity contribution in [3.8, 4) is 22.8 Å². The summed E-state index contributed by atoms with van der Waals surface area (Å²) in [7, 11) is 3.38. The molecule has 1 fully saturated rings. The Hall–Kier alpha value is -3.09. The summed E-state index contributed by atoms with van der Waals surface area (Å²) in [5, 5.41) is 4.41. The summed E-state index contributed by atoms with van der Waals surface area (Å²) in [5.41, 5.74) is 10.7. The molecular weight excluding hydrogens is 366 g/mol. The van der Waals surface area contributed by atoms with E-state index < -0.39 is 0 Å². The second-order valence-corrected chi connectivity index (χ2v) is 7.26. The highest BCUT2D eigenvalue weighted by Gasteiger charge is 2.25. The molecule has 0 amide bonds. The molecule has 0 saturated heterocycles. The van der Waals surface area contributed by atoms with Crippen LogP contribution in [0.2, 0.25) is 0 Å². The van der Waals surface area contributed by atoms with Crippen LogP contribution in [0.25, 0.3) is 22.2 Å². The summed E-state index contributed by atoms with van der Waals surface area (Å²) in [4.78, 5) is 13.6. The minimum Gasteiger partial charge on any atom is -0.496 e. The maximum absolute atomic E-state index is 5.84. The Morgan fingerprint density at radius 3 is 2.24 bits per heavy atom. The van der Waals surface area contributed by atoms with Crippen LogP contribution < -0.4 is 20.5 Å². The van der Waals surface area contributed by atoms with Crippen LogP contribution in [0.5, 0.6) is 11.5 Å². The Morgan fingerprint density at radius 1 is 1.03 bits per heavy atom. The van der Waals surface area contributed by atoms with Gasteiger partial charge < -0.3 is 20.5 Å². The molecule has 1 aliphatic carbocycles. The molecule has 0 atom stereocenters. The Bertz CT molecular complexity index is 1030. The SMILES string of the molecule is CCc1c(OC)cc(OC)c(CC)c1-c1cc2cnc(N)nc2c(NC2CC2)n1. The number of ether oxygens (including phenoxy) is 2. The Morgan fingerprint density at radius 2 is 1.69 bits per heavy atom. The fraction of sp³-hybridized carbons (Fsp3) is 0.409. The van der Waals surface area contributed by atoms with Crippen LogP contribution in [0.1, 0.15) is 37.8 Å². The van der Waals surface area contributed by atoms with Gasteiger partial charge in [-0.2, -0.15) is 0 Å². The number of aromatic nitrogens is 3. The molecule has 3 aromatic rings. The predicted octanol–water partition coefficient (Wildman–Crippen LogP) is 3.99. The normalized spacial score (nSPS) is 13.5. The lowest BCUT2D eigenvalue weighted by Gasteiger charge is -2.20. The molecule has 0 unspecified atom stereocenters. The van der Waals surface area contributed by atoms with E-state index in [0.717, 1.165) is 76.3 Å². The molecule has 3 N–H and O–H groups in total. The molecule has 4 rings (SSSR count). The number of rotatable bonds is 7. The van der Waals surface area contributed by atoms with Crippen molar-refractivity contribution in [2.24, 2.45) is 0 Å².